The standard InChI is InChI=1S/C11H18O5/c1-11(2,10(15)16)7-8(12)5-3-4-6-9(13)14/h3-7H2,1-2H3,(H,13,14)(H,15,16). The lowest BCUT2D eigenvalue weighted by molar-refractivity contribution is -0.149. The van der Waals surface area contributed by atoms with Gasteiger partial charge in [-0.1, -0.05) is 0 Å². The van der Waals surface area contributed by atoms with Gasteiger partial charge in [0.2, 0.25) is 0 Å². The van der Waals surface area contributed by atoms with E-state index in [9.17, 15) is 14.4 Å². The normalized spacial score (nSPS) is 11.1. The number of carbonyl (C=O) groups excluding carboxylic acids is 1. The van der Waals surface area contributed by atoms with Gasteiger partial charge in [-0.05, 0) is 26.7 Å². The van der Waals surface area contributed by atoms with Gasteiger partial charge in [0.25, 0.3) is 0 Å². The van der Waals surface area contributed by atoms with Gasteiger partial charge in [0.15, 0.2) is 0 Å². The number of unbranched alkanes of at least 4 members (excludes halogenated alkanes) is 1. The Bertz CT molecular complexity index is 280. The number of hydrogen-bond donors (Lipinski definition) is 2. The summed E-state index contributed by atoms with van der Waals surface area (Å²) in [5.41, 5.74) is -1.04. The molecule has 0 atom stereocenters. The molecule has 0 aliphatic rings. The Morgan fingerprint density at radius 3 is 1.94 bits per heavy atom. The summed E-state index contributed by atoms with van der Waals surface area (Å²) in [4.78, 5) is 32.3. The lowest BCUT2D eigenvalue weighted by Crippen LogP contribution is -2.26. The predicted octanol–water partition coefficient (Wildman–Crippen LogP) is 1.70. The van der Waals surface area contributed by atoms with Crippen molar-refractivity contribution in [2.24, 2.45) is 5.41 Å². The van der Waals surface area contributed by atoms with Crippen molar-refractivity contribution in [2.45, 2.75) is 46.0 Å². The van der Waals surface area contributed by atoms with Crippen LogP contribution in [0.4, 0.5) is 0 Å². The topological polar surface area (TPSA) is 91.7 Å². The largest absolute Gasteiger partial charge is 0.481 e. The fourth-order valence-corrected chi connectivity index (χ4v) is 1.26. The zero-order valence-electron chi connectivity index (χ0n) is 9.65. The third-order valence-electron chi connectivity index (χ3n) is 2.31. The van der Waals surface area contributed by atoms with Crippen molar-refractivity contribution in [1.29, 1.82) is 0 Å². The fourth-order valence-electron chi connectivity index (χ4n) is 1.26. The van der Waals surface area contributed by atoms with E-state index in [0.29, 0.717) is 12.8 Å². The number of carbonyl (C=O) groups is 3. The zero-order valence-corrected chi connectivity index (χ0v) is 9.65. The van der Waals surface area contributed by atoms with Gasteiger partial charge < -0.3 is 10.2 Å². The summed E-state index contributed by atoms with van der Waals surface area (Å²) in [7, 11) is 0. The van der Waals surface area contributed by atoms with Crippen molar-refractivity contribution < 1.29 is 24.6 Å². The molecule has 0 unspecified atom stereocenters. The smallest absolute Gasteiger partial charge is 0.309 e. The van der Waals surface area contributed by atoms with Crippen LogP contribution in [0.25, 0.3) is 0 Å². The molecule has 0 aromatic heterocycles. The monoisotopic (exact) mass is 230 g/mol. The molecular weight excluding hydrogens is 212 g/mol. The molecule has 0 amide bonds. The van der Waals surface area contributed by atoms with Crippen LogP contribution in [-0.4, -0.2) is 27.9 Å². The molecule has 0 aliphatic carbocycles. The van der Waals surface area contributed by atoms with Gasteiger partial charge in [-0.3, -0.25) is 14.4 Å². The highest BCUT2D eigenvalue weighted by molar-refractivity contribution is 5.85. The van der Waals surface area contributed by atoms with Crippen LogP contribution in [0.1, 0.15) is 46.0 Å². The van der Waals surface area contributed by atoms with Crippen LogP contribution < -0.4 is 0 Å². The number of hydrogen-bond acceptors (Lipinski definition) is 3. The van der Waals surface area contributed by atoms with Gasteiger partial charge in [0.1, 0.15) is 5.78 Å². The van der Waals surface area contributed by atoms with Crippen LogP contribution in [0.5, 0.6) is 0 Å². The van der Waals surface area contributed by atoms with Crippen molar-refractivity contribution >= 4 is 17.7 Å². The van der Waals surface area contributed by atoms with E-state index >= 15 is 0 Å². The molecule has 0 heterocycles. The lowest BCUT2D eigenvalue weighted by Gasteiger charge is -2.17. The van der Waals surface area contributed by atoms with E-state index in [4.69, 9.17) is 10.2 Å². The maximum Gasteiger partial charge on any atom is 0.309 e. The minimum Gasteiger partial charge on any atom is -0.481 e. The molecule has 0 aromatic carbocycles. The number of carboxylic acid groups (broad SMARTS) is 2. The summed E-state index contributed by atoms with van der Waals surface area (Å²) in [6, 6.07) is 0. The second-order valence-electron chi connectivity index (χ2n) is 4.51. The van der Waals surface area contributed by atoms with Gasteiger partial charge in [-0.15, -0.1) is 0 Å². The van der Waals surface area contributed by atoms with Gasteiger partial charge in [0, 0.05) is 19.3 Å². The van der Waals surface area contributed by atoms with E-state index in [1.54, 1.807) is 0 Å². The van der Waals surface area contributed by atoms with E-state index in [0.717, 1.165) is 0 Å². The van der Waals surface area contributed by atoms with E-state index < -0.39 is 17.4 Å². The molecule has 0 bridgehead atoms. The van der Waals surface area contributed by atoms with Crippen LogP contribution in [0.15, 0.2) is 0 Å². The summed E-state index contributed by atoms with van der Waals surface area (Å²) < 4.78 is 0. The van der Waals surface area contributed by atoms with E-state index in [1.807, 2.05) is 0 Å². The Balaban J connectivity index is 3.83. The van der Waals surface area contributed by atoms with Gasteiger partial charge >= 0.3 is 11.9 Å². The Hall–Kier alpha value is -1.39. The summed E-state index contributed by atoms with van der Waals surface area (Å²) in [6.45, 7) is 3.01. The molecule has 0 saturated carbocycles. The quantitative estimate of drug-likeness (QED) is 0.619. The third kappa shape index (κ3) is 6.16. The number of rotatable bonds is 8. The number of aliphatic carboxylic acids is 2. The lowest BCUT2D eigenvalue weighted by atomic mass is 9.86. The van der Waals surface area contributed by atoms with Crippen molar-refractivity contribution in [3.05, 3.63) is 0 Å². The fraction of sp³-hybridized carbons (Fsp3) is 0.727. The van der Waals surface area contributed by atoms with E-state index in [-0.39, 0.29) is 25.0 Å². The van der Waals surface area contributed by atoms with E-state index in [2.05, 4.69) is 0 Å². The molecule has 16 heavy (non-hydrogen) atoms. The average molecular weight is 230 g/mol. The van der Waals surface area contributed by atoms with Crippen molar-refractivity contribution in [3.8, 4) is 0 Å². The Kier molecular flexibility index (Phi) is 5.71. The molecule has 5 nitrogen and oxygen atoms in total. The first-order valence-electron chi connectivity index (χ1n) is 5.22. The van der Waals surface area contributed by atoms with Crippen LogP contribution in [0, 0.1) is 5.41 Å². The first-order valence-corrected chi connectivity index (χ1v) is 5.22. The molecular formula is C11H18O5. The maximum atomic E-state index is 11.4. The molecule has 0 radical (unpaired) electrons. The molecule has 5 heteroatoms. The molecule has 2 N–H and O–H groups in total. The average Bonchev–Trinajstić information content (AvgIpc) is 2.11. The summed E-state index contributed by atoms with van der Waals surface area (Å²) in [6.07, 6.45) is 1.25. The maximum absolute atomic E-state index is 11.4. The molecule has 0 aromatic rings. The molecule has 0 aliphatic heterocycles. The Morgan fingerprint density at radius 1 is 1.00 bits per heavy atom. The van der Waals surface area contributed by atoms with Crippen molar-refractivity contribution in [3.63, 3.8) is 0 Å². The van der Waals surface area contributed by atoms with Gasteiger partial charge in [-0.2, -0.15) is 0 Å². The SMILES string of the molecule is CC(C)(CC(=O)CCCCC(=O)O)C(=O)O. The number of carboxylic acids is 2. The molecule has 92 valence electrons. The predicted molar refractivity (Wildman–Crippen MR) is 57.1 cm³/mol. The highest BCUT2D eigenvalue weighted by Gasteiger charge is 2.29. The third-order valence-corrected chi connectivity index (χ3v) is 2.31. The highest BCUT2D eigenvalue weighted by Crippen LogP contribution is 2.22. The van der Waals surface area contributed by atoms with Crippen LogP contribution in [-0.2, 0) is 14.4 Å². The first-order chi connectivity index (χ1) is 7.25. The first kappa shape index (κ1) is 14.6. The van der Waals surface area contributed by atoms with Gasteiger partial charge in [-0.25, -0.2) is 0 Å². The second kappa shape index (κ2) is 6.25. The van der Waals surface area contributed by atoms with Crippen LogP contribution >= 0.6 is 0 Å². The Morgan fingerprint density at radius 2 is 1.50 bits per heavy atom. The van der Waals surface area contributed by atoms with Crippen LogP contribution in [0.3, 0.4) is 0 Å². The molecule has 0 saturated heterocycles. The zero-order chi connectivity index (χ0) is 12.8. The number of ketones is 1. The van der Waals surface area contributed by atoms with Gasteiger partial charge in [0.05, 0.1) is 5.41 Å². The minimum absolute atomic E-state index is 0.00456. The summed E-state index contributed by atoms with van der Waals surface area (Å²) in [5, 5.41) is 17.2. The Labute approximate surface area is 94.5 Å². The summed E-state index contributed by atoms with van der Waals surface area (Å²) >= 11 is 0. The van der Waals surface area contributed by atoms with Crippen molar-refractivity contribution in [1.82, 2.24) is 0 Å². The molecule has 0 spiro atoms. The second-order valence-corrected chi connectivity index (χ2v) is 4.51. The van der Waals surface area contributed by atoms with Crippen molar-refractivity contribution in [2.75, 3.05) is 0 Å². The molecule has 0 rings (SSSR count). The summed E-state index contributed by atoms with van der Waals surface area (Å²) in [5.74, 6) is -2.00. The van der Waals surface area contributed by atoms with E-state index in [1.165, 1.54) is 13.8 Å². The minimum atomic E-state index is -1.04. The number of Topliss-reactive ketones (excluding diaryl/α,β-unsaturated/α-hetero) is 1. The highest BCUT2D eigenvalue weighted by atomic mass is 16.4. The van der Waals surface area contributed by atoms with Crippen LogP contribution in [0.2, 0.25) is 0 Å². The molecule has 0 fully saturated rings.